The lowest BCUT2D eigenvalue weighted by Gasteiger charge is -2.19. The highest BCUT2D eigenvalue weighted by Crippen LogP contribution is 2.32. The van der Waals surface area contributed by atoms with E-state index in [9.17, 15) is 41.5 Å². The number of carbonyl (C=O) groups is 5. The molecule has 10 heterocycles. The van der Waals surface area contributed by atoms with E-state index < -0.39 is 23.3 Å². The standard InChI is InChI=1S/C20H15FN4O.C19H17ClN4O.3C19H17FN4O/c1-3-14-4-5-17(24-10-14)9-20(26)15-6-16(21)8-18(7-15)25(2)19-11-22-13-23-12-19;1-13-3-4-16(23-9-13)8-19(25)14-5-15(20)7-17(6-14)24(2)18-10-21-12-22-11-18;2*1-13-3-14(9-21-8-13)4-19(25)15-5-16(20)7-17(6-15)24(2)18-10-22-12-23-11-18;1-13-3-4-23-16(5-13)9-19(25)14-6-15(20)8-17(7-14)24(2)18-10-21-12-22-11-18/h1,4-8,10-13H,9H2,2H3;3-7,9-12H,8H2,1-2H3;2*3,5-12H,4H2,1-2H3;3-8,10-12H,9H2,1-2H3. The van der Waals surface area contributed by atoms with E-state index in [1.165, 1.54) is 86.4 Å². The Morgan fingerprint density at radius 2 is 0.603 bits per heavy atom. The van der Waals surface area contributed by atoms with Crippen LogP contribution >= 0.6 is 11.6 Å². The summed E-state index contributed by atoms with van der Waals surface area (Å²) in [5.41, 5.74) is 16.6. The van der Waals surface area contributed by atoms with Crippen LogP contribution in [0.3, 0.4) is 0 Å². The molecule has 0 aliphatic carbocycles. The molecule has 0 unspecified atom stereocenters. The number of hydrogen-bond acceptors (Lipinski definition) is 25. The monoisotopic (exact) mass is 1710 g/mol. The van der Waals surface area contributed by atoms with Crippen LogP contribution in [-0.2, 0) is 32.1 Å². The predicted octanol–water partition coefficient (Wildman–Crippen LogP) is 17.7. The van der Waals surface area contributed by atoms with Crippen LogP contribution in [-0.4, -0.2) is 139 Å². The summed E-state index contributed by atoms with van der Waals surface area (Å²) in [6.45, 7) is 7.73. The third-order valence-electron chi connectivity index (χ3n) is 19.2. The lowest BCUT2D eigenvalue weighted by molar-refractivity contribution is 0.0983. The first-order chi connectivity index (χ1) is 60.7. The van der Waals surface area contributed by atoms with Crippen molar-refractivity contribution in [3.8, 4) is 12.3 Å². The third-order valence-corrected chi connectivity index (χ3v) is 19.4. The maximum absolute atomic E-state index is 14.1. The molecule has 0 saturated carbocycles. The Morgan fingerprint density at radius 1 is 0.294 bits per heavy atom. The van der Waals surface area contributed by atoms with Crippen LogP contribution in [0.25, 0.3) is 0 Å². The molecular weight excluding hydrogens is 1620 g/mol. The van der Waals surface area contributed by atoms with Crippen molar-refractivity contribution in [2.45, 2.75) is 59.8 Å². The number of terminal acetylenes is 1. The summed E-state index contributed by atoms with van der Waals surface area (Å²) >= 11 is 6.22. The molecule has 0 saturated heterocycles. The molecule has 0 bridgehead atoms. The summed E-state index contributed by atoms with van der Waals surface area (Å²) < 4.78 is 56.2. The minimum absolute atomic E-state index is 0.0298. The van der Waals surface area contributed by atoms with Gasteiger partial charge in [-0.25, -0.2) is 67.4 Å². The summed E-state index contributed by atoms with van der Waals surface area (Å²) in [6, 6.07) is 37.1. The number of anilines is 10. The van der Waals surface area contributed by atoms with Crippen molar-refractivity contribution < 1.29 is 41.5 Å². The Kier molecular flexibility index (Phi) is 31.8. The minimum Gasteiger partial charge on any atom is -0.342 e. The third kappa shape index (κ3) is 26.6. The van der Waals surface area contributed by atoms with Crippen molar-refractivity contribution in [1.29, 1.82) is 0 Å². The molecule has 0 N–H and O–H groups in total. The minimum atomic E-state index is -0.495. The Bertz CT molecular complexity index is 5960. The molecule has 126 heavy (non-hydrogen) atoms. The van der Waals surface area contributed by atoms with E-state index in [0.717, 1.165) is 50.4 Å². The first-order valence-electron chi connectivity index (χ1n) is 38.9. The Morgan fingerprint density at radius 3 is 0.905 bits per heavy atom. The summed E-state index contributed by atoms with van der Waals surface area (Å²) in [5, 5.41) is 0.501. The van der Waals surface area contributed by atoms with Gasteiger partial charge in [0.2, 0.25) is 0 Å². The number of benzene rings is 5. The molecule has 0 aliphatic heterocycles. The van der Waals surface area contributed by atoms with Crippen LogP contribution in [0.5, 0.6) is 0 Å². The van der Waals surface area contributed by atoms with Gasteiger partial charge in [0.15, 0.2) is 28.9 Å². The second-order valence-corrected chi connectivity index (χ2v) is 29.3. The van der Waals surface area contributed by atoms with Gasteiger partial charge in [-0.3, -0.25) is 48.9 Å². The Balaban J connectivity index is 0.000000153. The number of nitrogens with zero attached hydrogens (tertiary/aromatic N) is 20. The van der Waals surface area contributed by atoms with E-state index in [2.05, 4.69) is 80.7 Å². The van der Waals surface area contributed by atoms with Gasteiger partial charge in [-0.1, -0.05) is 35.7 Å². The van der Waals surface area contributed by atoms with Crippen molar-refractivity contribution in [2.75, 3.05) is 59.7 Å². The van der Waals surface area contributed by atoms with Gasteiger partial charge in [0.1, 0.15) is 54.9 Å². The summed E-state index contributed by atoms with van der Waals surface area (Å²) in [6.07, 6.45) is 41.3. The molecule has 0 spiro atoms. The van der Waals surface area contributed by atoms with Gasteiger partial charge < -0.3 is 24.5 Å². The van der Waals surface area contributed by atoms with Crippen LogP contribution < -0.4 is 24.5 Å². The van der Waals surface area contributed by atoms with E-state index in [1.54, 1.807) is 195 Å². The molecule has 0 aliphatic rings. The second-order valence-electron chi connectivity index (χ2n) is 28.8. The number of hydrogen-bond donors (Lipinski definition) is 0. The normalized spacial score (nSPS) is 10.5. The maximum atomic E-state index is 14.1. The van der Waals surface area contributed by atoms with E-state index in [1.807, 2.05) is 82.1 Å². The molecule has 15 rings (SSSR count). The molecule has 15 aromatic rings. The first kappa shape index (κ1) is 90.9. The number of halogens is 5. The second kappa shape index (κ2) is 44.1. The van der Waals surface area contributed by atoms with E-state index >= 15 is 0 Å². The lowest BCUT2D eigenvalue weighted by atomic mass is 10.0. The zero-order valence-electron chi connectivity index (χ0n) is 70.0. The highest BCUT2D eigenvalue weighted by Gasteiger charge is 2.21. The average Bonchev–Trinajstić information content (AvgIpc) is 0.839. The number of ketones is 5. The molecule has 0 amide bonds. The molecule has 0 radical (unpaired) electrons. The fourth-order valence-corrected chi connectivity index (χ4v) is 12.7. The zero-order chi connectivity index (χ0) is 89.8. The molecule has 5 aromatic carbocycles. The van der Waals surface area contributed by atoms with E-state index in [-0.39, 0.29) is 66.6 Å². The number of carbonyl (C=O) groups excluding carboxylic acids is 5. The topological polar surface area (TPSA) is 295 Å². The zero-order valence-corrected chi connectivity index (χ0v) is 70.7. The number of aromatic nitrogens is 15. The number of Topliss-reactive ketones (excluding diaryl/α,β-unsaturated/α-hetero) is 5. The van der Waals surface area contributed by atoms with Crippen LogP contribution in [0.2, 0.25) is 5.02 Å². The van der Waals surface area contributed by atoms with Gasteiger partial charge in [0.25, 0.3) is 0 Å². The van der Waals surface area contributed by atoms with Gasteiger partial charge in [-0.15, -0.1) is 6.42 Å². The fraction of sp³-hybridized carbons (Fsp3) is 0.146. The fourth-order valence-electron chi connectivity index (χ4n) is 12.4. The van der Waals surface area contributed by atoms with Crippen molar-refractivity contribution in [3.05, 3.63) is 389 Å². The highest BCUT2D eigenvalue weighted by atomic mass is 35.5. The van der Waals surface area contributed by atoms with Gasteiger partial charge >= 0.3 is 0 Å². The summed E-state index contributed by atoms with van der Waals surface area (Å²) in [7, 11) is 8.93. The summed E-state index contributed by atoms with van der Waals surface area (Å²) in [5.74, 6) is -0.196. The predicted molar refractivity (Wildman–Crippen MR) is 476 cm³/mol. The largest absolute Gasteiger partial charge is 0.342 e. The van der Waals surface area contributed by atoms with Crippen LogP contribution in [0.1, 0.15) is 108 Å². The maximum Gasteiger partial charge on any atom is 0.168 e. The summed E-state index contributed by atoms with van der Waals surface area (Å²) in [4.78, 5) is 132. The first-order valence-corrected chi connectivity index (χ1v) is 39.2. The van der Waals surface area contributed by atoms with E-state index in [0.29, 0.717) is 89.7 Å². The van der Waals surface area contributed by atoms with Gasteiger partial charge in [0.05, 0.1) is 110 Å². The van der Waals surface area contributed by atoms with Crippen molar-refractivity contribution in [1.82, 2.24) is 74.8 Å². The Hall–Kier alpha value is -15.8. The molecular formula is C96H83ClF4N20O5. The quantitative estimate of drug-likeness (QED) is 0.0292. The van der Waals surface area contributed by atoms with Gasteiger partial charge in [0, 0.05) is 175 Å². The van der Waals surface area contributed by atoms with Crippen LogP contribution in [0.15, 0.2) is 277 Å². The molecule has 10 aromatic heterocycles. The molecule has 632 valence electrons. The average molecular weight is 1710 g/mol. The van der Waals surface area contributed by atoms with Gasteiger partial charge in [-0.05, 0) is 182 Å². The highest BCUT2D eigenvalue weighted by molar-refractivity contribution is 6.31. The van der Waals surface area contributed by atoms with Crippen LogP contribution in [0, 0.1) is 63.3 Å². The molecule has 0 fully saturated rings. The molecule has 0 atom stereocenters. The number of pyridine rings is 5. The van der Waals surface area contributed by atoms with Gasteiger partial charge in [-0.2, -0.15) is 0 Å². The number of rotatable bonds is 25. The van der Waals surface area contributed by atoms with Crippen molar-refractivity contribution in [3.63, 3.8) is 0 Å². The Labute approximate surface area is 730 Å². The van der Waals surface area contributed by atoms with Crippen molar-refractivity contribution in [2.24, 2.45) is 0 Å². The number of aryl methyl sites for hydroxylation is 4. The van der Waals surface area contributed by atoms with Crippen molar-refractivity contribution >= 4 is 97.4 Å². The molecule has 25 nitrogen and oxygen atoms in total. The lowest BCUT2D eigenvalue weighted by Crippen LogP contribution is -2.12. The van der Waals surface area contributed by atoms with Crippen LogP contribution in [0.4, 0.5) is 74.4 Å². The van der Waals surface area contributed by atoms with E-state index in [4.69, 9.17) is 18.0 Å². The SMILES string of the molecule is C#Cc1ccc(CC(=O)c2cc(F)cc(N(C)c3cncnc3)c2)nc1.Cc1ccc(CC(=O)c2cc(Cl)cc(N(C)c3cncnc3)c2)nc1.Cc1ccnc(CC(=O)c2cc(F)cc(N(C)c3cncnc3)c2)c1.Cc1cncc(CC(=O)c2cc(F)cc(N(C)c3cncnc3)c2)c1.Cc1cncc(CC(=O)c2cc(F)cc(N(C)c3cncnc3)c2)c1. The smallest absolute Gasteiger partial charge is 0.168 e. The molecule has 30 heteroatoms.